The first kappa shape index (κ1) is 13.7. The van der Waals surface area contributed by atoms with E-state index in [1.54, 1.807) is 12.4 Å². The van der Waals surface area contributed by atoms with E-state index in [1.807, 2.05) is 6.92 Å². The van der Waals surface area contributed by atoms with E-state index in [-0.39, 0.29) is 0 Å². The number of hydrogen-bond donors (Lipinski definition) is 2. The molecular formula is C12H16N6S. The van der Waals surface area contributed by atoms with Gasteiger partial charge in [0.25, 0.3) is 0 Å². The highest BCUT2D eigenvalue weighted by Crippen LogP contribution is 2.29. The molecule has 2 rings (SSSR count). The fourth-order valence-electron chi connectivity index (χ4n) is 1.60. The van der Waals surface area contributed by atoms with Gasteiger partial charge in [0.15, 0.2) is 5.16 Å². The van der Waals surface area contributed by atoms with Crippen LogP contribution in [0.2, 0.25) is 0 Å². The van der Waals surface area contributed by atoms with Crippen molar-refractivity contribution in [2.24, 2.45) is 5.84 Å². The van der Waals surface area contributed by atoms with Gasteiger partial charge in [-0.05, 0) is 30.7 Å². The molecule has 0 aliphatic carbocycles. The molecule has 2 aromatic heterocycles. The van der Waals surface area contributed by atoms with Gasteiger partial charge in [-0.15, -0.1) is 0 Å². The van der Waals surface area contributed by atoms with E-state index in [0.717, 1.165) is 29.0 Å². The van der Waals surface area contributed by atoms with Crippen LogP contribution in [0.25, 0.3) is 0 Å². The molecule has 0 bridgehead atoms. The molecule has 2 aromatic rings. The molecule has 0 amide bonds. The second kappa shape index (κ2) is 6.44. The summed E-state index contributed by atoms with van der Waals surface area (Å²) >= 11 is 1.42. The van der Waals surface area contributed by atoms with E-state index in [2.05, 4.69) is 32.3 Å². The molecule has 0 spiro atoms. The van der Waals surface area contributed by atoms with Crippen molar-refractivity contribution in [3.05, 3.63) is 29.8 Å². The maximum absolute atomic E-state index is 5.48. The average Bonchev–Trinajstić information content (AvgIpc) is 2.43. The van der Waals surface area contributed by atoms with E-state index in [4.69, 9.17) is 5.84 Å². The Hall–Kier alpha value is -1.73. The molecule has 3 N–H and O–H groups in total. The maximum Gasteiger partial charge on any atom is 0.193 e. The molecule has 6 nitrogen and oxygen atoms in total. The third kappa shape index (κ3) is 3.39. The number of anilines is 1. The normalized spacial score (nSPS) is 10.5. The zero-order chi connectivity index (χ0) is 13.7. The van der Waals surface area contributed by atoms with Gasteiger partial charge in [-0.1, -0.05) is 13.3 Å². The summed E-state index contributed by atoms with van der Waals surface area (Å²) in [7, 11) is 0. The second-order valence-corrected chi connectivity index (χ2v) is 5.00. The third-order valence-corrected chi connectivity index (χ3v) is 3.43. The topological polar surface area (TPSA) is 89.6 Å². The van der Waals surface area contributed by atoms with E-state index < -0.39 is 0 Å². The van der Waals surface area contributed by atoms with Crippen LogP contribution in [0, 0.1) is 6.92 Å². The minimum Gasteiger partial charge on any atom is -0.308 e. The van der Waals surface area contributed by atoms with Crippen molar-refractivity contribution in [1.29, 1.82) is 0 Å². The molecule has 19 heavy (non-hydrogen) atoms. The smallest absolute Gasteiger partial charge is 0.193 e. The lowest BCUT2D eigenvalue weighted by Gasteiger charge is -2.10. The van der Waals surface area contributed by atoms with Gasteiger partial charge < -0.3 is 5.43 Å². The minimum atomic E-state index is 0.659. The number of hydrazine groups is 1. The van der Waals surface area contributed by atoms with Gasteiger partial charge in [0.1, 0.15) is 17.2 Å². The van der Waals surface area contributed by atoms with Crippen molar-refractivity contribution < 1.29 is 0 Å². The summed E-state index contributed by atoms with van der Waals surface area (Å²) in [5.74, 6) is 6.14. The first-order valence-electron chi connectivity index (χ1n) is 6.01. The number of hydrogen-bond acceptors (Lipinski definition) is 7. The predicted octanol–water partition coefficient (Wildman–Crippen LogP) is 1.96. The summed E-state index contributed by atoms with van der Waals surface area (Å²) in [5, 5.41) is 1.51. The fourth-order valence-corrected chi connectivity index (χ4v) is 2.41. The van der Waals surface area contributed by atoms with Crippen LogP contribution in [0.1, 0.15) is 24.5 Å². The van der Waals surface area contributed by atoms with Crippen molar-refractivity contribution in [3.8, 4) is 0 Å². The Morgan fingerprint density at radius 1 is 1.21 bits per heavy atom. The third-order valence-electron chi connectivity index (χ3n) is 2.49. The van der Waals surface area contributed by atoms with E-state index in [0.29, 0.717) is 11.0 Å². The lowest BCUT2D eigenvalue weighted by molar-refractivity contribution is 0.851. The molecule has 0 fully saturated rings. The first-order chi connectivity index (χ1) is 9.24. The van der Waals surface area contributed by atoms with Crippen LogP contribution in [-0.2, 0) is 6.42 Å². The monoisotopic (exact) mass is 276 g/mol. The SMILES string of the molecule is CCCc1c(NN)ncnc1Sc1ncc(C)cn1. The molecule has 0 atom stereocenters. The van der Waals surface area contributed by atoms with Crippen LogP contribution >= 0.6 is 11.8 Å². The van der Waals surface area contributed by atoms with Crippen LogP contribution in [-0.4, -0.2) is 19.9 Å². The molecule has 0 saturated carbocycles. The minimum absolute atomic E-state index is 0.659. The number of aryl methyl sites for hydroxylation is 1. The maximum atomic E-state index is 5.48. The number of nitrogen functional groups attached to an aromatic ring is 1. The Kier molecular flexibility index (Phi) is 4.64. The standard InChI is InChI=1S/C12H16N6S/c1-3-4-9-10(18-13)16-7-17-11(9)19-12-14-5-8(2)6-15-12/h5-7H,3-4,13H2,1-2H3,(H,16,17,18). The van der Waals surface area contributed by atoms with Crippen LogP contribution in [0.4, 0.5) is 5.82 Å². The van der Waals surface area contributed by atoms with E-state index in [9.17, 15) is 0 Å². The van der Waals surface area contributed by atoms with Gasteiger partial charge in [-0.3, -0.25) is 0 Å². The summed E-state index contributed by atoms with van der Waals surface area (Å²) < 4.78 is 0. The molecule has 0 saturated heterocycles. The highest BCUT2D eigenvalue weighted by Gasteiger charge is 2.12. The first-order valence-corrected chi connectivity index (χ1v) is 6.83. The lowest BCUT2D eigenvalue weighted by atomic mass is 10.2. The molecule has 0 aliphatic heterocycles. The fraction of sp³-hybridized carbons (Fsp3) is 0.333. The van der Waals surface area contributed by atoms with Crippen LogP contribution in [0.15, 0.2) is 28.9 Å². The Bertz CT molecular complexity index is 542. The molecule has 0 aliphatic rings. The molecule has 7 heteroatoms. The van der Waals surface area contributed by atoms with E-state index >= 15 is 0 Å². The van der Waals surface area contributed by atoms with Crippen molar-refractivity contribution in [2.75, 3.05) is 5.43 Å². The second-order valence-electron chi connectivity index (χ2n) is 4.05. The Balaban J connectivity index is 2.30. The molecule has 0 aromatic carbocycles. The molecule has 100 valence electrons. The lowest BCUT2D eigenvalue weighted by Crippen LogP contribution is -2.12. The molecule has 0 unspecified atom stereocenters. The highest BCUT2D eigenvalue weighted by molar-refractivity contribution is 7.99. The molecular weight excluding hydrogens is 260 g/mol. The van der Waals surface area contributed by atoms with Gasteiger partial charge in [-0.2, -0.15) is 0 Å². The highest BCUT2D eigenvalue weighted by atomic mass is 32.2. The van der Waals surface area contributed by atoms with Crippen LogP contribution < -0.4 is 11.3 Å². The van der Waals surface area contributed by atoms with Gasteiger partial charge in [0.05, 0.1) is 0 Å². The van der Waals surface area contributed by atoms with Crippen LogP contribution in [0.3, 0.4) is 0 Å². The van der Waals surface area contributed by atoms with Crippen molar-refractivity contribution >= 4 is 17.6 Å². The Morgan fingerprint density at radius 2 is 1.95 bits per heavy atom. The zero-order valence-corrected chi connectivity index (χ0v) is 11.7. The molecule has 0 radical (unpaired) electrons. The van der Waals surface area contributed by atoms with Crippen molar-refractivity contribution in [2.45, 2.75) is 36.9 Å². The largest absolute Gasteiger partial charge is 0.308 e. The zero-order valence-electron chi connectivity index (χ0n) is 10.9. The number of nitrogens with one attached hydrogen (secondary N) is 1. The predicted molar refractivity (Wildman–Crippen MR) is 74.7 cm³/mol. The quantitative estimate of drug-likeness (QED) is 0.373. The van der Waals surface area contributed by atoms with Crippen molar-refractivity contribution in [3.63, 3.8) is 0 Å². The van der Waals surface area contributed by atoms with Gasteiger partial charge in [-0.25, -0.2) is 25.8 Å². The summed E-state index contributed by atoms with van der Waals surface area (Å²) in [6, 6.07) is 0. The molecule has 2 heterocycles. The van der Waals surface area contributed by atoms with E-state index in [1.165, 1.54) is 18.1 Å². The van der Waals surface area contributed by atoms with Gasteiger partial charge in [0.2, 0.25) is 0 Å². The summed E-state index contributed by atoms with van der Waals surface area (Å²) in [6.45, 7) is 4.06. The Labute approximate surface area is 116 Å². The van der Waals surface area contributed by atoms with Gasteiger partial charge >= 0.3 is 0 Å². The summed E-state index contributed by atoms with van der Waals surface area (Å²) in [5.41, 5.74) is 4.64. The van der Waals surface area contributed by atoms with Gasteiger partial charge in [0, 0.05) is 18.0 Å². The number of rotatable bonds is 5. The average molecular weight is 276 g/mol. The van der Waals surface area contributed by atoms with Crippen molar-refractivity contribution in [1.82, 2.24) is 19.9 Å². The number of nitrogens with zero attached hydrogens (tertiary/aromatic N) is 4. The Morgan fingerprint density at radius 3 is 2.58 bits per heavy atom. The number of nitrogens with two attached hydrogens (primary N) is 1. The summed E-state index contributed by atoms with van der Waals surface area (Å²) in [4.78, 5) is 17.0. The number of aromatic nitrogens is 4. The van der Waals surface area contributed by atoms with Crippen LogP contribution in [0.5, 0.6) is 0 Å². The summed E-state index contributed by atoms with van der Waals surface area (Å²) in [6.07, 6.45) is 6.92.